The topological polar surface area (TPSA) is 24.5 Å². The van der Waals surface area contributed by atoms with Crippen LogP contribution in [0.3, 0.4) is 0 Å². The third-order valence-electron chi connectivity index (χ3n) is 3.76. The summed E-state index contributed by atoms with van der Waals surface area (Å²) in [5, 5.41) is 3.35. The maximum atomic E-state index is 12.4. The summed E-state index contributed by atoms with van der Waals surface area (Å²) in [4.78, 5) is 2.43. The van der Waals surface area contributed by atoms with Gasteiger partial charge in [-0.15, -0.1) is 24.8 Å². The summed E-state index contributed by atoms with van der Waals surface area (Å²) in [7, 11) is 0. The smallest absolute Gasteiger partial charge is 0.387 e. The van der Waals surface area contributed by atoms with Gasteiger partial charge in [0.05, 0.1) is 0 Å². The molecule has 0 amide bonds. The summed E-state index contributed by atoms with van der Waals surface area (Å²) in [6.45, 7) is 5.52. The highest BCUT2D eigenvalue weighted by atomic mass is 35.5. The molecule has 23 heavy (non-hydrogen) atoms. The Kier molecular flexibility index (Phi) is 10.7. The van der Waals surface area contributed by atoms with Crippen LogP contribution < -0.4 is 10.1 Å². The molecule has 0 aromatic heterocycles. The maximum absolute atomic E-state index is 12.4. The minimum atomic E-state index is -2.78. The number of halogens is 4. The van der Waals surface area contributed by atoms with Crippen molar-refractivity contribution in [3.8, 4) is 5.75 Å². The summed E-state index contributed by atoms with van der Waals surface area (Å²) >= 11 is 0. The summed E-state index contributed by atoms with van der Waals surface area (Å²) in [6.07, 6.45) is 1.01. The predicted octanol–water partition coefficient (Wildman–Crippen LogP) is 4.12. The van der Waals surface area contributed by atoms with Gasteiger partial charge in [-0.2, -0.15) is 8.78 Å². The van der Waals surface area contributed by atoms with Crippen molar-refractivity contribution in [3.63, 3.8) is 0 Å². The zero-order valence-corrected chi connectivity index (χ0v) is 15.1. The third-order valence-corrected chi connectivity index (χ3v) is 3.76. The molecule has 1 aliphatic heterocycles. The molecule has 0 saturated carbocycles. The van der Waals surface area contributed by atoms with Gasteiger partial charge in [-0.3, -0.25) is 4.90 Å². The van der Waals surface area contributed by atoms with Gasteiger partial charge in [0.1, 0.15) is 5.75 Å². The van der Waals surface area contributed by atoms with Gasteiger partial charge in [-0.25, -0.2) is 0 Å². The molecule has 0 spiro atoms. The van der Waals surface area contributed by atoms with Crippen molar-refractivity contribution in [1.29, 1.82) is 0 Å². The highest BCUT2D eigenvalue weighted by Crippen LogP contribution is 2.30. The number of hydrogen-bond donors (Lipinski definition) is 1. The van der Waals surface area contributed by atoms with Crippen molar-refractivity contribution in [2.45, 2.75) is 32.9 Å². The van der Waals surface area contributed by atoms with Crippen LogP contribution in [0.1, 0.15) is 31.9 Å². The van der Waals surface area contributed by atoms with Crippen LogP contribution in [0.2, 0.25) is 0 Å². The van der Waals surface area contributed by atoms with Crippen LogP contribution in [0.15, 0.2) is 24.3 Å². The molecule has 2 rings (SSSR count). The van der Waals surface area contributed by atoms with Gasteiger partial charge in [-0.1, -0.05) is 26.0 Å². The molecule has 1 saturated heterocycles. The van der Waals surface area contributed by atoms with E-state index in [1.165, 1.54) is 0 Å². The molecule has 0 radical (unpaired) electrons. The van der Waals surface area contributed by atoms with E-state index in [1.54, 1.807) is 18.2 Å². The molecule has 1 fully saturated rings. The Bertz CT molecular complexity index is 444. The molecule has 0 unspecified atom stereocenters. The van der Waals surface area contributed by atoms with Gasteiger partial charge >= 0.3 is 6.61 Å². The van der Waals surface area contributed by atoms with Crippen LogP contribution in [0.25, 0.3) is 0 Å². The number of benzene rings is 1. The van der Waals surface area contributed by atoms with Crippen molar-refractivity contribution in [2.75, 3.05) is 26.2 Å². The molecule has 1 aromatic carbocycles. The highest BCUT2D eigenvalue weighted by Gasteiger charge is 2.23. The largest absolute Gasteiger partial charge is 0.435 e. The van der Waals surface area contributed by atoms with Gasteiger partial charge in [0.25, 0.3) is 0 Å². The lowest BCUT2D eigenvalue weighted by Gasteiger charge is -2.36. The van der Waals surface area contributed by atoms with Gasteiger partial charge < -0.3 is 10.1 Å². The van der Waals surface area contributed by atoms with Crippen LogP contribution in [0.4, 0.5) is 8.78 Å². The standard InChI is InChI=1S/C16H24F2N2O.2ClH/c1-12(2)10-15(20-8-6-19-7-9-20)13-4-3-5-14(11-13)21-16(17)18;;/h3-5,11-12,15-16,19H,6-10H2,1-2H3;2*1H/t15-;;/m1../s1. The van der Waals surface area contributed by atoms with Crippen LogP contribution in [-0.4, -0.2) is 37.7 Å². The maximum Gasteiger partial charge on any atom is 0.387 e. The second-order valence-corrected chi connectivity index (χ2v) is 5.88. The average molecular weight is 371 g/mol. The van der Waals surface area contributed by atoms with E-state index in [0.717, 1.165) is 38.2 Å². The monoisotopic (exact) mass is 370 g/mol. The zero-order chi connectivity index (χ0) is 15.2. The lowest BCUT2D eigenvalue weighted by atomic mass is 9.95. The molecule has 1 heterocycles. The van der Waals surface area contributed by atoms with E-state index in [-0.39, 0.29) is 36.6 Å². The number of piperazine rings is 1. The number of hydrogen-bond acceptors (Lipinski definition) is 3. The van der Waals surface area contributed by atoms with Crippen molar-refractivity contribution in [1.82, 2.24) is 10.2 Å². The number of rotatable bonds is 6. The molecule has 1 aromatic rings. The van der Waals surface area contributed by atoms with Crippen LogP contribution in [-0.2, 0) is 0 Å². The normalized spacial score (nSPS) is 16.6. The van der Waals surface area contributed by atoms with Crippen LogP contribution in [0, 0.1) is 5.92 Å². The second kappa shape index (κ2) is 11.0. The lowest BCUT2D eigenvalue weighted by molar-refractivity contribution is -0.0499. The van der Waals surface area contributed by atoms with E-state index in [2.05, 4.69) is 28.8 Å². The van der Waals surface area contributed by atoms with E-state index in [1.807, 2.05) is 6.07 Å². The van der Waals surface area contributed by atoms with Crippen molar-refractivity contribution in [2.24, 2.45) is 5.92 Å². The molecular weight excluding hydrogens is 345 g/mol. The molecule has 1 N–H and O–H groups in total. The van der Waals surface area contributed by atoms with Crippen molar-refractivity contribution < 1.29 is 13.5 Å². The first-order chi connectivity index (χ1) is 10.1. The predicted molar refractivity (Wildman–Crippen MR) is 94.2 cm³/mol. The average Bonchev–Trinajstić information content (AvgIpc) is 2.45. The first-order valence-electron chi connectivity index (χ1n) is 7.56. The Morgan fingerprint density at radius 1 is 1.17 bits per heavy atom. The van der Waals surface area contributed by atoms with E-state index >= 15 is 0 Å². The zero-order valence-electron chi connectivity index (χ0n) is 13.5. The number of nitrogens with zero attached hydrogens (tertiary/aromatic N) is 1. The molecule has 7 heteroatoms. The second-order valence-electron chi connectivity index (χ2n) is 5.88. The van der Waals surface area contributed by atoms with Crippen LogP contribution in [0.5, 0.6) is 5.75 Å². The van der Waals surface area contributed by atoms with Crippen molar-refractivity contribution >= 4 is 24.8 Å². The summed E-state index contributed by atoms with van der Waals surface area (Å²) < 4.78 is 29.3. The number of alkyl halides is 2. The fourth-order valence-corrected chi connectivity index (χ4v) is 2.83. The first kappa shape index (κ1) is 22.4. The molecule has 134 valence electrons. The van der Waals surface area contributed by atoms with Crippen molar-refractivity contribution in [3.05, 3.63) is 29.8 Å². The molecule has 0 bridgehead atoms. The summed E-state index contributed by atoms with van der Waals surface area (Å²) in [5.74, 6) is 0.788. The molecule has 3 nitrogen and oxygen atoms in total. The van der Waals surface area contributed by atoms with E-state index in [0.29, 0.717) is 5.92 Å². The fraction of sp³-hybridized carbons (Fsp3) is 0.625. The molecular formula is C16H26Cl2F2N2O. The quantitative estimate of drug-likeness (QED) is 0.814. The van der Waals surface area contributed by atoms with E-state index in [9.17, 15) is 8.78 Å². The lowest BCUT2D eigenvalue weighted by Crippen LogP contribution is -2.45. The number of nitrogens with one attached hydrogen (secondary N) is 1. The Morgan fingerprint density at radius 2 is 1.83 bits per heavy atom. The van der Waals surface area contributed by atoms with Crippen LogP contribution >= 0.6 is 24.8 Å². The number of ether oxygens (including phenoxy) is 1. The third kappa shape index (κ3) is 7.21. The van der Waals surface area contributed by atoms with Gasteiger partial charge in [0.15, 0.2) is 0 Å². The van der Waals surface area contributed by atoms with Gasteiger partial charge in [-0.05, 0) is 30.0 Å². The minimum absolute atomic E-state index is 0. The Balaban J connectivity index is 0.00000242. The Hall–Kier alpha value is -0.620. The van der Waals surface area contributed by atoms with Gasteiger partial charge in [0, 0.05) is 32.2 Å². The molecule has 1 atom stereocenters. The summed E-state index contributed by atoms with van der Waals surface area (Å²) in [6, 6.07) is 7.39. The van der Waals surface area contributed by atoms with E-state index in [4.69, 9.17) is 0 Å². The minimum Gasteiger partial charge on any atom is -0.435 e. The highest BCUT2D eigenvalue weighted by molar-refractivity contribution is 5.85. The first-order valence-corrected chi connectivity index (χ1v) is 7.56. The summed E-state index contributed by atoms with van der Waals surface area (Å²) in [5.41, 5.74) is 1.06. The van der Waals surface area contributed by atoms with E-state index < -0.39 is 6.61 Å². The Morgan fingerprint density at radius 3 is 2.39 bits per heavy atom. The Labute approximate surface area is 149 Å². The molecule has 0 aliphatic carbocycles. The van der Waals surface area contributed by atoms with Gasteiger partial charge in [0.2, 0.25) is 0 Å². The fourth-order valence-electron chi connectivity index (χ4n) is 2.83. The molecule has 1 aliphatic rings. The SMILES string of the molecule is CC(C)C[C@H](c1cccc(OC(F)F)c1)N1CCNCC1.Cl.Cl.